The quantitative estimate of drug-likeness (QED) is 0.786. The van der Waals surface area contributed by atoms with Crippen LogP contribution in [0.1, 0.15) is 34.8 Å². The van der Waals surface area contributed by atoms with Crippen molar-refractivity contribution in [2.75, 3.05) is 6.54 Å². The first kappa shape index (κ1) is 16.1. The summed E-state index contributed by atoms with van der Waals surface area (Å²) in [6.45, 7) is 0.623. The van der Waals surface area contributed by atoms with Gasteiger partial charge in [0.15, 0.2) is 0 Å². The first-order valence-electron chi connectivity index (χ1n) is 7.25. The maximum atomic E-state index is 12.8. The lowest BCUT2D eigenvalue weighted by Gasteiger charge is -2.25. The minimum atomic E-state index is -0.283. The molecule has 2 aromatic rings. The van der Waals surface area contributed by atoms with Gasteiger partial charge in [0.2, 0.25) is 0 Å². The molecule has 23 heavy (non-hydrogen) atoms. The molecule has 6 heteroatoms. The number of benzene rings is 2. The molecule has 0 bridgehead atoms. The first-order chi connectivity index (χ1) is 11.0. The van der Waals surface area contributed by atoms with Gasteiger partial charge >= 0.3 is 0 Å². The fourth-order valence-electron chi connectivity index (χ4n) is 2.92. The lowest BCUT2D eigenvalue weighted by atomic mass is 10.0. The number of hydrogen-bond donors (Lipinski definition) is 2. The van der Waals surface area contributed by atoms with Crippen LogP contribution in [-0.2, 0) is 0 Å². The van der Waals surface area contributed by atoms with E-state index in [4.69, 9.17) is 11.6 Å². The highest BCUT2D eigenvalue weighted by Crippen LogP contribution is 2.37. The Morgan fingerprint density at radius 2 is 1.87 bits per heavy atom. The largest absolute Gasteiger partial charge is 0.507 e. The van der Waals surface area contributed by atoms with Crippen molar-refractivity contribution in [1.29, 1.82) is 0 Å². The summed E-state index contributed by atoms with van der Waals surface area (Å²) in [7, 11) is 0. The van der Waals surface area contributed by atoms with Crippen molar-refractivity contribution in [2.24, 2.45) is 0 Å². The number of aromatic hydroxyl groups is 2. The van der Waals surface area contributed by atoms with Crippen LogP contribution in [0.5, 0.6) is 11.5 Å². The number of rotatable bonds is 2. The maximum Gasteiger partial charge on any atom is 0.258 e. The third-order valence-corrected chi connectivity index (χ3v) is 4.90. The van der Waals surface area contributed by atoms with E-state index in [1.165, 1.54) is 6.07 Å². The van der Waals surface area contributed by atoms with Crippen LogP contribution in [0.2, 0.25) is 5.02 Å². The summed E-state index contributed by atoms with van der Waals surface area (Å²) in [5.74, 6) is -0.792. The lowest BCUT2D eigenvalue weighted by molar-refractivity contribution is 0.0732. The number of phenolic OH excluding ortho intramolecular Hbond substituents is 2. The van der Waals surface area contributed by atoms with Crippen LogP contribution in [0.25, 0.3) is 0 Å². The highest BCUT2D eigenvalue weighted by Gasteiger charge is 2.32. The molecule has 1 amide bonds. The molecule has 1 atom stereocenters. The van der Waals surface area contributed by atoms with Crippen molar-refractivity contribution in [3.8, 4) is 11.5 Å². The van der Waals surface area contributed by atoms with Crippen molar-refractivity contribution in [1.82, 2.24) is 4.90 Å². The zero-order valence-electron chi connectivity index (χ0n) is 12.2. The zero-order valence-corrected chi connectivity index (χ0v) is 14.5. The Balaban J connectivity index is 1.92. The van der Waals surface area contributed by atoms with E-state index in [9.17, 15) is 15.0 Å². The molecule has 1 unspecified atom stereocenters. The monoisotopic (exact) mass is 395 g/mol. The molecule has 0 saturated carbocycles. The molecule has 4 nitrogen and oxygen atoms in total. The van der Waals surface area contributed by atoms with Gasteiger partial charge in [-0.2, -0.15) is 0 Å². The van der Waals surface area contributed by atoms with Gasteiger partial charge in [0, 0.05) is 17.1 Å². The molecule has 0 aliphatic carbocycles. The topological polar surface area (TPSA) is 60.8 Å². The van der Waals surface area contributed by atoms with Crippen molar-refractivity contribution < 1.29 is 15.0 Å². The van der Waals surface area contributed by atoms with Crippen molar-refractivity contribution >= 4 is 33.4 Å². The minimum absolute atomic E-state index is 0.0254. The molecular formula is C17H15BrClNO3. The van der Waals surface area contributed by atoms with E-state index < -0.39 is 0 Å². The predicted octanol–water partition coefficient (Wildman–Crippen LogP) is 4.49. The standard InChI is InChI=1S/C17H15BrClNO3/c18-11-5-3-10(4-6-11)14-2-1-7-20(14)17(23)12-8-13(19)16(22)9-15(12)21/h3-6,8-9,14,21-22H,1-2,7H2. The number of nitrogens with zero attached hydrogens (tertiary/aromatic N) is 1. The molecule has 0 aromatic heterocycles. The van der Waals surface area contributed by atoms with Crippen LogP contribution in [0.15, 0.2) is 40.9 Å². The Bertz CT molecular complexity index is 748. The molecule has 0 spiro atoms. The van der Waals surface area contributed by atoms with Gasteiger partial charge < -0.3 is 15.1 Å². The summed E-state index contributed by atoms with van der Waals surface area (Å²) in [6, 6.07) is 10.3. The van der Waals surface area contributed by atoms with Crippen molar-refractivity contribution in [3.05, 3.63) is 57.0 Å². The summed E-state index contributed by atoms with van der Waals surface area (Å²) < 4.78 is 0.986. The molecule has 120 valence electrons. The molecule has 1 fully saturated rings. The first-order valence-corrected chi connectivity index (χ1v) is 8.42. The second kappa shape index (κ2) is 6.42. The number of likely N-dealkylation sites (tertiary alicyclic amines) is 1. The summed E-state index contributed by atoms with van der Waals surface area (Å²) in [5, 5.41) is 19.5. The second-order valence-corrected chi connectivity index (χ2v) is 6.85. The van der Waals surface area contributed by atoms with Crippen LogP contribution >= 0.6 is 27.5 Å². The molecule has 3 rings (SSSR count). The Morgan fingerprint density at radius 1 is 1.17 bits per heavy atom. The molecule has 1 saturated heterocycles. The number of amides is 1. The van der Waals surface area contributed by atoms with Crippen LogP contribution in [0, 0.1) is 0 Å². The third-order valence-electron chi connectivity index (χ3n) is 4.06. The number of halogens is 2. The van der Waals surface area contributed by atoms with Crippen LogP contribution in [-0.4, -0.2) is 27.6 Å². The van der Waals surface area contributed by atoms with Crippen LogP contribution in [0.4, 0.5) is 0 Å². The average molecular weight is 397 g/mol. The van der Waals surface area contributed by atoms with Crippen LogP contribution in [0.3, 0.4) is 0 Å². The molecule has 1 aliphatic heterocycles. The molecule has 2 N–H and O–H groups in total. The maximum absolute atomic E-state index is 12.8. The minimum Gasteiger partial charge on any atom is -0.507 e. The van der Waals surface area contributed by atoms with E-state index in [0.717, 1.165) is 28.9 Å². The van der Waals surface area contributed by atoms with Gasteiger partial charge in [-0.15, -0.1) is 0 Å². The van der Waals surface area contributed by atoms with Gasteiger partial charge in [0.1, 0.15) is 11.5 Å². The zero-order chi connectivity index (χ0) is 16.6. The van der Waals surface area contributed by atoms with E-state index in [0.29, 0.717) is 6.54 Å². The normalized spacial score (nSPS) is 17.5. The van der Waals surface area contributed by atoms with Crippen molar-refractivity contribution in [3.63, 3.8) is 0 Å². The molecule has 2 aromatic carbocycles. The number of carbonyl (C=O) groups is 1. The Morgan fingerprint density at radius 3 is 2.57 bits per heavy atom. The highest BCUT2D eigenvalue weighted by molar-refractivity contribution is 9.10. The van der Waals surface area contributed by atoms with E-state index in [1.54, 1.807) is 4.90 Å². The second-order valence-electron chi connectivity index (χ2n) is 5.53. The fourth-order valence-corrected chi connectivity index (χ4v) is 3.35. The van der Waals surface area contributed by atoms with Gasteiger partial charge in [-0.3, -0.25) is 4.79 Å². The van der Waals surface area contributed by atoms with Crippen molar-refractivity contribution in [2.45, 2.75) is 18.9 Å². The smallest absolute Gasteiger partial charge is 0.258 e. The number of hydrogen-bond acceptors (Lipinski definition) is 3. The van der Waals surface area contributed by atoms with E-state index >= 15 is 0 Å². The van der Waals surface area contributed by atoms with E-state index in [2.05, 4.69) is 15.9 Å². The van der Waals surface area contributed by atoms with Crippen LogP contribution < -0.4 is 0 Å². The third kappa shape index (κ3) is 3.16. The fraction of sp³-hybridized carbons (Fsp3) is 0.235. The van der Waals surface area contributed by atoms with Gasteiger partial charge in [-0.05, 0) is 36.6 Å². The summed E-state index contributed by atoms with van der Waals surface area (Å²) in [4.78, 5) is 14.5. The van der Waals surface area contributed by atoms with Gasteiger partial charge in [-0.1, -0.05) is 39.7 Å². The SMILES string of the molecule is O=C(c1cc(Cl)c(O)cc1O)N1CCCC1c1ccc(Br)cc1. The average Bonchev–Trinajstić information content (AvgIpc) is 3.00. The Hall–Kier alpha value is -1.72. The summed E-state index contributed by atoms with van der Waals surface area (Å²) in [6.07, 6.45) is 1.78. The van der Waals surface area contributed by atoms with E-state index in [-0.39, 0.29) is 34.0 Å². The molecule has 0 radical (unpaired) electrons. The van der Waals surface area contributed by atoms with Gasteiger partial charge in [0.05, 0.1) is 16.6 Å². The van der Waals surface area contributed by atoms with Gasteiger partial charge in [0.25, 0.3) is 5.91 Å². The highest BCUT2D eigenvalue weighted by atomic mass is 79.9. The summed E-state index contributed by atoms with van der Waals surface area (Å²) >= 11 is 9.28. The van der Waals surface area contributed by atoms with Gasteiger partial charge in [-0.25, -0.2) is 0 Å². The van der Waals surface area contributed by atoms with E-state index in [1.807, 2.05) is 24.3 Å². The Labute approximate surface area is 147 Å². The Kier molecular flexibility index (Phi) is 4.50. The number of carbonyl (C=O) groups excluding carboxylic acids is 1. The summed E-state index contributed by atoms with van der Waals surface area (Å²) in [5.41, 5.74) is 1.17. The lowest BCUT2D eigenvalue weighted by Crippen LogP contribution is -2.30. The predicted molar refractivity (Wildman–Crippen MR) is 91.9 cm³/mol. The number of phenols is 2. The molecular weight excluding hydrogens is 382 g/mol. The molecule has 1 heterocycles. The molecule has 1 aliphatic rings.